The summed E-state index contributed by atoms with van der Waals surface area (Å²) < 4.78 is 1.71. The molecule has 0 aliphatic rings. The van der Waals surface area contributed by atoms with Crippen molar-refractivity contribution >= 4 is 11.6 Å². The van der Waals surface area contributed by atoms with Gasteiger partial charge in [-0.1, -0.05) is 23.7 Å². The normalized spacial score (nSPS) is 10.3. The van der Waals surface area contributed by atoms with Gasteiger partial charge in [-0.15, -0.1) is 0 Å². The molecule has 4 heteroatoms. The Labute approximate surface area is 81.0 Å². The summed E-state index contributed by atoms with van der Waals surface area (Å²) in [7, 11) is 0. The average molecular weight is 194 g/mol. The Kier molecular flexibility index (Phi) is 2.02. The maximum Gasteiger partial charge on any atom is 0.138 e. The molecule has 0 saturated heterocycles. The second kappa shape index (κ2) is 3.18. The van der Waals surface area contributed by atoms with Crippen LogP contribution in [0.2, 0.25) is 5.02 Å². The van der Waals surface area contributed by atoms with Crippen molar-refractivity contribution in [1.82, 2.24) is 14.8 Å². The Hall–Kier alpha value is -1.35. The van der Waals surface area contributed by atoms with Gasteiger partial charge in [-0.2, -0.15) is 5.10 Å². The topological polar surface area (TPSA) is 30.7 Å². The number of aryl methyl sites for hydroxylation is 1. The molecule has 13 heavy (non-hydrogen) atoms. The van der Waals surface area contributed by atoms with Gasteiger partial charge in [0.05, 0.1) is 10.7 Å². The third-order valence-corrected chi connectivity index (χ3v) is 2.12. The summed E-state index contributed by atoms with van der Waals surface area (Å²) in [6.45, 7) is 1.89. The maximum atomic E-state index is 6.00. The lowest BCUT2D eigenvalue weighted by Gasteiger charge is -2.03. The summed E-state index contributed by atoms with van der Waals surface area (Å²) in [5, 5.41) is 4.74. The lowest BCUT2D eigenvalue weighted by molar-refractivity contribution is 0.840. The summed E-state index contributed by atoms with van der Waals surface area (Å²) in [5.74, 6) is 0.827. The highest BCUT2D eigenvalue weighted by molar-refractivity contribution is 6.32. The monoisotopic (exact) mass is 193 g/mol. The molecule has 66 valence electrons. The van der Waals surface area contributed by atoms with Crippen LogP contribution in [0.3, 0.4) is 0 Å². The molecule has 0 bridgehead atoms. The Morgan fingerprint density at radius 2 is 2.08 bits per heavy atom. The van der Waals surface area contributed by atoms with Gasteiger partial charge in [0.2, 0.25) is 0 Å². The van der Waals surface area contributed by atoms with Gasteiger partial charge >= 0.3 is 0 Å². The summed E-state index contributed by atoms with van der Waals surface area (Å²) >= 11 is 6.00. The van der Waals surface area contributed by atoms with E-state index in [9.17, 15) is 0 Å². The van der Waals surface area contributed by atoms with Gasteiger partial charge in [-0.3, -0.25) is 0 Å². The SMILES string of the molecule is Cc1ncnn1-c1ccccc1Cl. The molecule has 2 rings (SSSR count). The molecule has 0 saturated carbocycles. The predicted molar refractivity (Wildman–Crippen MR) is 51.1 cm³/mol. The maximum absolute atomic E-state index is 6.00. The Bertz CT molecular complexity index is 422. The van der Waals surface area contributed by atoms with Crippen LogP contribution in [-0.4, -0.2) is 14.8 Å². The van der Waals surface area contributed by atoms with E-state index in [-0.39, 0.29) is 0 Å². The van der Waals surface area contributed by atoms with Crippen LogP contribution in [0.1, 0.15) is 5.82 Å². The lowest BCUT2D eigenvalue weighted by Crippen LogP contribution is -1.99. The average Bonchev–Trinajstić information content (AvgIpc) is 2.52. The van der Waals surface area contributed by atoms with Gasteiger partial charge < -0.3 is 0 Å². The van der Waals surface area contributed by atoms with Crippen LogP contribution in [0, 0.1) is 6.92 Å². The quantitative estimate of drug-likeness (QED) is 0.696. The van der Waals surface area contributed by atoms with Crippen molar-refractivity contribution in [3.63, 3.8) is 0 Å². The van der Waals surface area contributed by atoms with Crippen LogP contribution in [0.4, 0.5) is 0 Å². The van der Waals surface area contributed by atoms with Crippen molar-refractivity contribution in [2.45, 2.75) is 6.92 Å². The summed E-state index contributed by atoms with van der Waals surface area (Å²) in [5.41, 5.74) is 0.860. The van der Waals surface area contributed by atoms with E-state index in [2.05, 4.69) is 10.1 Å². The fourth-order valence-electron chi connectivity index (χ4n) is 1.16. The zero-order valence-corrected chi connectivity index (χ0v) is 7.86. The Balaban J connectivity index is 2.59. The molecule has 0 spiro atoms. The lowest BCUT2D eigenvalue weighted by atomic mass is 10.3. The van der Waals surface area contributed by atoms with E-state index in [4.69, 9.17) is 11.6 Å². The second-order valence-electron chi connectivity index (χ2n) is 2.67. The van der Waals surface area contributed by atoms with E-state index in [0.29, 0.717) is 5.02 Å². The van der Waals surface area contributed by atoms with Crippen LogP contribution in [-0.2, 0) is 0 Å². The number of nitrogens with zero attached hydrogens (tertiary/aromatic N) is 3. The molecule has 0 radical (unpaired) electrons. The van der Waals surface area contributed by atoms with Crippen molar-refractivity contribution in [3.8, 4) is 5.69 Å². The van der Waals surface area contributed by atoms with Crippen molar-refractivity contribution < 1.29 is 0 Å². The van der Waals surface area contributed by atoms with Gasteiger partial charge in [0.15, 0.2) is 0 Å². The van der Waals surface area contributed by atoms with Crippen LogP contribution in [0.15, 0.2) is 30.6 Å². The highest BCUT2D eigenvalue weighted by Crippen LogP contribution is 2.19. The first-order chi connectivity index (χ1) is 6.29. The van der Waals surface area contributed by atoms with E-state index in [1.807, 2.05) is 31.2 Å². The van der Waals surface area contributed by atoms with Crippen molar-refractivity contribution in [2.75, 3.05) is 0 Å². The fourth-order valence-corrected chi connectivity index (χ4v) is 1.38. The molecule has 0 N–H and O–H groups in total. The van der Waals surface area contributed by atoms with E-state index >= 15 is 0 Å². The highest BCUT2D eigenvalue weighted by Gasteiger charge is 2.04. The first kappa shape index (κ1) is 8.26. The molecule has 0 fully saturated rings. The van der Waals surface area contributed by atoms with Crippen LogP contribution in [0.25, 0.3) is 5.69 Å². The molecule has 0 aliphatic heterocycles. The van der Waals surface area contributed by atoms with E-state index in [1.54, 1.807) is 4.68 Å². The number of rotatable bonds is 1. The molecule has 1 aromatic heterocycles. The number of hydrogen-bond donors (Lipinski definition) is 0. The van der Waals surface area contributed by atoms with Crippen LogP contribution < -0.4 is 0 Å². The first-order valence-corrected chi connectivity index (χ1v) is 4.28. The number of para-hydroxylation sites is 1. The zero-order chi connectivity index (χ0) is 9.26. The van der Waals surface area contributed by atoms with Crippen LogP contribution >= 0.6 is 11.6 Å². The minimum Gasteiger partial charge on any atom is -0.220 e. The largest absolute Gasteiger partial charge is 0.220 e. The fraction of sp³-hybridized carbons (Fsp3) is 0.111. The summed E-state index contributed by atoms with van der Waals surface area (Å²) in [6.07, 6.45) is 1.51. The molecule has 1 aromatic carbocycles. The van der Waals surface area contributed by atoms with Crippen LogP contribution in [0.5, 0.6) is 0 Å². The van der Waals surface area contributed by atoms with Gasteiger partial charge in [-0.05, 0) is 19.1 Å². The van der Waals surface area contributed by atoms with Gasteiger partial charge in [-0.25, -0.2) is 9.67 Å². The van der Waals surface area contributed by atoms with Crippen molar-refractivity contribution in [3.05, 3.63) is 41.4 Å². The smallest absolute Gasteiger partial charge is 0.138 e. The molecule has 2 aromatic rings. The minimum atomic E-state index is 0.677. The summed E-state index contributed by atoms with van der Waals surface area (Å²) in [4.78, 5) is 4.03. The standard InChI is InChI=1S/C9H8ClN3/c1-7-11-6-12-13(7)9-5-3-2-4-8(9)10/h2-6H,1H3. The number of benzene rings is 1. The van der Waals surface area contributed by atoms with Gasteiger partial charge in [0.25, 0.3) is 0 Å². The minimum absolute atomic E-state index is 0.677. The number of hydrogen-bond acceptors (Lipinski definition) is 2. The van der Waals surface area contributed by atoms with E-state index < -0.39 is 0 Å². The number of aromatic nitrogens is 3. The molecule has 0 unspecified atom stereocenters. The predicted octanol–water partition coefficient (Wildman–Crippen LogP) is 2.23. The van der Waals surface area contributed by atoms with Gasteiger partial charge in [0, 0.05) is 0 Å². The molecule has 0 aliphatic carbocycles. The van der Waals surface area contributed by atoms with Crippen molar-refractivity contribution in [2.24, 2.45) is 0 Å². The van der Waals surface area contributed by atoms with E-state index in [0.717, 1.165) is 11.5 Å². The molecular formula is C9H8ClN3. The second-order valence-corrected chi connectivity index (χ2v) is 3.08. The molecule has 3 nitrogen and oxygen atoms in total. The molecular weight excluding hydrogens is 186 g/mol. The zero-order valence-electron chi connectivity index (χ0n) is 7.11. The Morgan fingerprint density at radius 3 is 2.69 bits per heavy atom. The third kappa shape index (κ3) is 1.42. The summed E-state index contributed by atoms with van der Waals surface area (Å²) in [6, 6.07) is 7.54. The first-order valence-electron chi connectivity index (χ1n) is 3.90. The third-order valence-electron chi connectivity index (χ3n) is 1.80. The van der Waals surface area contributed by atoms with Crippen molar-refractivity contribution in [1.29, 1.82) is 0 Å². The highest BCUT2D eigenvalue weighted by atomic mass is 35.5. The molecule has 1 heterocycles. The number of halogens is 1. The molecule has 0 atom stereocenters. The Morgan fingerprint density at radius 1 is 1.31 bits per heavy atom. The van der Waals surface area contributed by atoms with E-state index in [1.165, 1.54) is 6.33 Å². The molecule has 0 amide bonds. The van der Waals surface area contributed by atoms with Gasteiger partial charge in [0.1, 0.15) is 12.2 Å².